The lowest BCUT2D eigenvalue weighted by Gasteiger charge is -2.11. The Kier molecular flexibility index (Phi) is 4.09. The zero-order chi connectivity index (χ0) is 18.9. The summed E-state index contributed by atoms with van der Waals surface area (Å²) in [6, 6.07) is 26.8. The van der Waals surface area contributed by atoms with Crippen LogP contribution in [0.1, 0.15) is 6.92 Å². The van der Waals surface area contributed by atoms with Crippen molar-refractivity contribution in [3.63, 3.8) is 0 Å². The molecule has 5 rings (SSSR count). The number of aromatic nitrogens is 2. The minimum Gasteiger partial charge on any atom is -0.454 e. The molecular formula is C24H20N2O2. The van der Waals surface area contributed by atoms with Crippen LogP contribution in [0.15, 0.2) is 78.9 Å². The van der Waals surface area contributed by atoms with Crippen LogP contribution in [0.2, 0.25) is 0 Å². The Balaban J connectivity index is 1.76. The number of nitrogens with zero attached hydrogens (tertiary/aromatic N) is 2. The average Bonchev–Trinajstić information content (AvgIpc) is 3.38. The lowest BCUT2D eigenvalue weighted by atomic mass is 10.0. The van der Waals surface area contributed by atoms with E-state index in [2.05, 4.69) is 60.0 Å². The predicted octanol–water partition coefficient (Wildman–Crippen LogP) is 5.63. The van der Waals surface area contributed by atoms with E-state index in [0.29, 0.717) is 0 Å². The van der Waals surface area contributed by atoms with Crippen molar-refractivity contribution in [1.82, 2.24) is 9.55 Å². The largest absolute Gasteiger partial charge is 0.454 e. The van der Waals surface area contributed by atoms with Gasteiger partial charge in [-0.2, -0.15) is 0 Å². The van der Waals surface area contributed by atoms with E-state index in [1.54, 1.807) is 0 Å². The van der Waals surface area contributed by atoms with Gasteiger partial charge < -0.3 is 14.0 Å². The second-order valence-corrected chi connectivity index (χ2v) is 6.68. The van der Waals surface area contributed by atoms with E-state index < -0.39 is 0 Å². The highest BCUT2D eigenvalue weighted by molar-refractivity contribution is 5.82. The number of hydrogen-bond acceptors (Lipinski definition) is 3. The molecule has 0 fully saturated rings. The van der Waals surface area contributed by atoms with Crippen LogP contribution in [0.25, 0.3) is 33.9 Å². The van der Waals surface area contributed by atoms with Crippen molar-refractivity contribution in [2.45, 2.75) is 13.5 Å². The highest BCUT2D eigenvalue weighted by atomic mass is 16.7. The van der Waals surface area contributed by atoms with Gasteiger partial charge in [0.25, 0.3) is 0 Å². The van der Waals surface area contributed by atoms with Crippen molar-refractivity contribution in [3.8, 4) is 45.4 Å². The normalized spacial score (nSPS) is 12.3. The Morgan fingerprint density at radius 3 is 2.18 bits per heavy atom. The summed E-state index contributed by atoms with van der Waals surface area (Å²) in [6.45, 7) is 3.23. The smallest absolute Gasteiger partial charge is 0.231 e. The van der Waals surface area contributed by atoms with Gasteiger partial charge in [0, 0.05) is 23.2 Å². The zero-order valence-corrected chi connectivity index (χ0v) is 15.6. The third-order valence-corrected chi connectivity index (χ3v) is 5.01. The summed E-state index contributed by atoms with van der Waals surface area (Å²) in [5.41, 5.74) is 5.40. The molecule has 1 aliphatic heterocycles. The first kappa shape index (κ1) is 16.6. The van der Waals surface area contributed by atoms with E-state index in [4.69, 9.17) is 14.5 Å². The second kappa shape index (κ2) is 6.89. The SMILES string of the molecule is CCn1c(-c2ccc3c(c2)OCO3)nc(-c2ccccc2)c1-c1ccccc1. The number of ether oxygens (including phenoxy) is 2. The van der Waals surface area contributed by atoms with Crippen LogP contribution in [0.4, 0.5) is 0 Å². The molecular weight excluding hydrogens is 348 g/mol. The van der Waals surface area contributed by atoms with Crippen molar-refractivity contribution in [3.05, 3.63) is 78.9 Å². The van der Waals surface area contributed by atoms with Crippen LogP contribution in [-0.2, 0) is 6.54 Å². The van der Waals surface area contributed by atoms with Crippen LogP contribution < -0.4 is 9.47 Å². The van der Waals surface area contributed by atoms with Gasteiger partial charge in [-0.25, -0.2) is 4.98 Å². The molecule has 0 spiro atoms. The summed E-state index contributed by atoms with van der Waals surface area (Å²) in [7, 11) is 0. The molecule has 138 valence electrons. The maximum Gasteiger partial charge on any atom is 0.231 e. The van der Waals surface area contributed by atoms with E-state index in [1.165, 1.54) is 0 Å². The monoisotopic (exact) mass is 368 g/mol. The van der Waals surface area contributed by atoms with Crippen LogP contribution in [0.5, 0.6) is 11.5 Å². The maximum atomic E-state index is 5.58. The number of hydrogen-bond donors (Lipinski definition) is 0. The van der Waals surface area contributed by atoms with Crippen LogP contribution in [0.3, 0.4) is 0 Å². The highest BCUT2D eigenvalue weighted by Crippen LogP contribution is 2.39. The summed E-state index contributed by atoms with van der Waals surface area (Å²) in [5.74, 6) is 2.48. The van der Waals surface area contributed by atoms with Crippen LogP contribution in [-0.4, -0.2) is 16.3 Å². The van der Waals surface area contributed by atoms with E-state index >= 15 is 0 Å². The summed E-state index contributed by atoms with van der Waals surface area (Å²) >= 11 is 0. The molecule has 0 unspecified atom stereocenters. The molecule has 1 aromatic heterocycles. The first-order valence-corrected chi connectivity index (χ1v) is 9.46. The third kappa shape index (κ3) is 2.74. The molecule has 1 aliphatic rings. The fourth-order valence-corrected chi connectivity index (χ4v) is 3.70. The lowest BCUT2D eigenvalue weighted by molar-refractivity contribution is 0.174. The summed E-state index contributed by atoms with van der Waals surface area (Å²) in [4.78, 5) is 5.09. The van der Waals surface area contributed by atoms with Crippen molar-refractivity contribution in [2.24, 2.45) is 0 Å². The average molecular weight is 368 g/mol. The molecule has 0 atom stereocenters. The van der Waals surface area contributed by atoms with Gasteiger partial charge >= 0.3 is 0 Å². The van der Waals surface area contributed by atoms with E-state index in [-0.39, 0.29) is 6.79 Å². The van der Waals surface area contributed by atoms with Gasteiger partial charge in [-0.05, 0) is 25.1 Å². The van der Waals surface area contributed by atoms with Crippen molar-refractivity contribution in [2.75, 3.05) is 6.79 Å². The topological polar surface area (TPSA) is 36.3 Å². The Morgan fingerprint density at radius 1 is 0.786 bits per heavy atom. The fourth-order valence-electron chi connectivity index (χ4n) is 3.70. The molecule has 0 aliphatic carbocycles. The Labute approximate surface area is 164 Å². The van der Waals surface area contributed by atoms with Gasteiger partial charge in [0.2, 0.25) is 6.79 Å². The summed E-state index contributed by atoms with van der Waals surface area (Å²) < 4.78 is 13.3. The molecule has 2 heterocycles. The Hall–Kier alpha value is -3.53. The fraction of sp³-hybridized carbons (Fsp3) is 0.125. The van der Waals surface area contributed by atoms with E-state index in [1.807, 2.05) is 30.3 Å². The minimum absolute atomic E-state index is 0.269. The molecule has 3 aromatic carbocycles. The van der Waals surface area contributed by atoms with Gasteiger partial charge in [-0.3, -0.25) is 0 Å². The Morgan fingerprint density at radius 2 is 1.46 bits per heavy atom. The molecule has 0 saturated heterocycles. The third-order valence-electron chi connectivity index (χ3n) is 5.01. The zero-order valence-electron chi connectivity index (χ0n) is 15.6. The predicted molar refractivity (Wildman–Crippen MR) is 110 cm³/mol. The first-order chi connectivity index (χ1) is 13.8. The van der Waals surface area contributed by atoms with Gasteiger partial charge in [-0.1, -0.05) is 60.7 Å². The maximum absolute atomic E-state index is 5.58. The minimum atomic E-state index is 0.269. The molecule has 28 heavy (non-hydrogen) atoms. The van der Waals surface area contributed by atoms with Crippen LogP contribution in [0, 0.1) is 0 Å². The molecule has 0 saturated carbocycles. The molecule has 4 heteroatoms. The second-order valence-electron chi connectivity index (χ2n) is 6.68. The van der Waals surface area contributed by atoms with Gasteiger partial charge in [0.15, 0.2) is 11.5 Å². The Bertz CT molecular complexity index is 1120. The van der Waals surface area contributed by atoms with Gasteiger partial charge in [0.1, 0.15) is 5.82 Å². The number of benzene rings is 3. The molecule has 0 bridgehead atoms. The standard InChI is InChI=1S/C24H20N2O2/c1-2-26-23(18-11-7-4-8-12-18)22(17-9-5-3-6-10-17)25-24(26)19-13-14-20-21(15-19)28-16-27-20/h3-15H,2,16H2,1H3. The number of fused-ring (bicyclic) bond motifs is 1. The van der Waals surface area contributed by atoms with E-state index in [0.717, 1.165) is 51.9 Å². The summed E-state index contributed by atoms with van der Waals surface area (Å²) in [6.07, 6.45) is 0. The summed E-state index contributed by atoms with van der Waals surface area (Å²) in [5, 5.41) is 0. The molecule has 4 nitrogen and oxygen atoms in total. The highest BCUT2D eigenvalue weighted by Gasteiger charge is 2.22. The lowest BCUT2D eigenvalue weighted by Crippen LogP contribution is -2.00. The molecule has 0 radical (unpaired) electrons. The quantitative estimate of drug-likeness (QED) is 0.468. The van der Waals surface area contributed by atoms with E-state index in [9.17, 15) is 0 Å². The van der Waals surface area contributed by atoms with Gasteiger partial charge in [0.05, 0.1) is 11.4 Å². The van der Waals surface area contributed by atoms with Crippen molar-refractivity contribution in [1.29, 1.82) is 0 Å². The molecule has 0 amide bonds. The molecule has 4 aromatic rings. The molecule has 0 N–H and O–H groups in total. The van der Waals surface area contributed by atoms with Crippen molar-refractivity contribution < 1.29 is 9.47 Å². The van der Waals surface area contributed by atoms with Gasteiger partial charge in [-0.15, -0.1) is 0 Å². The van der Waals surface area contributed by atoms with Crippen LogP contribution >= 0.6 is 0 Å². The first-order valence-electron chi connectivity index (χ1n) is 9.46. The number of imidazole rings is 1. The van der Waals surface area contributed by atoms with Crippen molar-refractivity contribution >= 4 is 0 Å². The number of rotatable bonds is 4.